The topological polar surface area (TPSA) is 58.6 Å². The standard InChI is InChI=1S/C12H15Br2NO3/c1-18-7-9(4-5-13)15-12(17)8-2-3-10(14)11(16)6-8/h2-3,6,9,16H,4-5,7H2,1H3,(H,15,17). The summed E-state index contributed by atoms with van der Waals surface area (Å²) in [6.45, 7) is 0.458. The summed E-state index contributed by atoms with van der Waals surface area (Å²) in [7, 11) is 1.60. The van der Waals surface area contributed by atoms with Crippen LogP contribution in [-0.4, -0.2) is 36.1 Å². The quantitative estimate of drug-likeness (QED) is 0.746. The van der Waals surface area contributed by atoms with Gasteiger partial charge in [-0.15, -0.1) is 0 Å². The molecule has 0 heterocycles. The molecule has 1 aromatic rings. The molecule has 1 atom stereocenters. The second-order valence-corrected chi connectivity index (χ2v) is 5.42. The normalized spacial score (nSPS) is 12.2. The molecule has 1 aromatic carbocycles. The Morgan fingerprint density at radius 2 is 2.28 bits per heavy atom. The van der Waals surface area contributed by atoms with Crippen LogP contribution in [-0.2, 0) is 4.74 Å². The summed E-state index contributed by atoms with van der Waals surface area (Å²) in [6, 6.07) is 4.67. The van der Waals surface area contributed by atoms with Gasteiger partial charge in [-0.2, -0.15) is 0 Å². The van der Waals surface area contributed by atoms with Crippen molar-refractivity contribution in [1.29, 1.82) is 0 Å². The van der Waals surface area contributed by atoms with E-state index in [9.17, 15) is 9.90 Å². The van der Waals surface area contributed by atoms with Crippen molar-refractivity contribution in [2.24, 2.45) is 0 Å². The number of aromatic hydroxyl groups is 1. The van der Waals surface area contributed by atoms with E-state index in [1.165, 1.54) is 6.07 Å². The summed E-state index contributed by atoms with van der Waals surface area (Å²) < 4.78 is 5.61. The molecule has 0 bridgehead atoms. The van der Waals surface area contributed by atoms with Crippen molar-refractivity contribution < 1.29 is 14.6 Å². The molecule has 0 saturated heterocycles. The van der Waals surface area contributed by atoms with Gasteiger partial charge < -0.3 is 15.2 Å². The Bertz CT molecular complexity index is 406. The Hall–Kier alpha value is -0.590. The van der Waals surface area contributed by atoms with Gasteiger partial charge in [-0.1, -0.05) is 15.9 Å². The molecule has 0 aliphatic carbocycles. The molecule has 1 amide bonds. The number of amides is 1. The van der Waals surface area contributed by atoms with Gasteiger partial charge in [-0.05, 0) is 40.5 Å². The van der Waals surface area contributed by atoms with Crippen LogP contribution in [0.5, 0.6) is 5.75 Å². The van der Waals surface area contributed by atoms with Crippen molar-refractivity contribution in [3.05, 3.63) is 28.2 Å². The smallest absolute Gasteiger partial charge is 0.251 e. The van der Waals surface area contributed by atoms with Crippen molar-refractivity contribution >= 4 is 37.8 Å². The molecule has 0 aliphatic rings. The molecule has 2 N–H and O–H groups in total. The molecule has 0 aliphatic heterocycles. The van der Waals surface area contributed by atoms with Crippen LogP contribution >= 0.6 is 31.9 Å². The zero-order chi connectivity index (χ0) is 13.5. The molecular formula is C12H15Br2NO3. The Kier molecular flexibility index (Phi) is 6.67. The van der Waals surface area contributed by atoms with Crippen LogP contribution in [0.3, 0.4) is 0 Å². The van der Waals surface area contributed by atoms with Crippen molar-refractivity contribution in [3.8, 4) is 5.75 Å². The number of carbonyl (C=O) groups excluding carboxylic acids is 1. The highest BCUT2D eigenvalue weighted by molar-refractivity contribution is 9.10. The van der Waals surface area contributed by atoms with Gasteiger partial charge in [0.05, 0.1) is 17.1 Å². The maximum atomic E-state index is 12.0. The average molecular weight is 381 g/mol. The van der Waals surface area contributed by atoms with E-state index in [1.54, 1.807) is 19.2 Å². The van der Waals surface area contributed by atoms with E-state index in [0.717, 1.165) is 11.8 Å². The highest BCUT2D eigenvalue weighted by atomic mass is 79.9. The predicted octanol–water partition coefficient (Wildman–Crippen LogP) is 2.68. The number of alkyl halides is 1. The average Bonchev–Trinajstić information content (AvgIpc) is 2.33. The van der Waals surface area contributed by atoms with Gasteiger partial charge in [-0.25, -0.2) is 0 Å². The Morgan fingerprint density at radius 1 is 1.56 bits per heavy atom. The first-order valence-corrected chi connectivity index (χ1v) is 7.34. The molecule has 0 spiro atoms. The number of hydrogen-bond acceptors (Lipinski definition) is 3. The van der Waals surface area contributed by atoms with Crippen LogP contribution in [0.1, 0.15) is 16.8 Å². The number of methoxy groups -OCH3 is 1. The Labute approximate surface area is 123 Å². The second kappa shape index (κ2) is 7.76. The number of ether oxygens (including phenoxy) is 1. The fourth-order valence-corrected chi connectivity index (χ4v) is 2.25. The van der Waals surface area contributed by atoms with Crippen LogP contribution in [0.15, 0.2) is 22.7 Å². The summed E-state index contributed by atoms with van der Waals surface area (Å²) in [6.07, 6.45) is 0.780. The Morgan fingerprint density at radius 3 is 2.83 bits per heavy atom. The molecule has 1 unspecified atom stereocenters. The van der Waals surface area contributed by atoms with E-state index in [2.05, 4.69) is 37.2 Å². The minimum absolute atomic E-state index is 0.0476. The third kappa shape index (κ3) is 4.59. The fraction of sp³-hybridized carbons (Fsp3) is 0.417. The third-order valence-corrected chi connectivity index (χ3v) is 3.50. The lowest BCUT2D eigenvalue weighted by Crippen LogP contribution is -2.38. The van der Waals surface area contributed by atoms with Crippen molar-refractivity contribution in [1.82, 2.24) is 5.32 Å². The van der Waals surface area contributed by atoms with Crippen LogP contribution < -0.4 is 5.32 Å². The van der Waals surface area contributed by atoms with Gasteiger partial charge >= 0.3 is 0 Å². The minimum atomic E-state index is -0.221. The molecule has 100 valence electrons. The lowest BCUT2D eigenvalue weighted by molar-refractivity contribution is 0.0895. The van der Waals surface area contributed by atoms with E-state index in [0.29, 0.717) is 16.6 Å². The molecule has 0 fully saturated rings. The molecule has 4 nitrogen and oxygen atoms in total. The number of phenols is 1. The van der Waals surface area contributed by atoms with Gasteiger partial charge in [-0.3, -0.25) is 4.79 Å². The van der Waals surface area contributed by atoms with E-state index < -0.39 is 0 Å². The lowest BCUT2D eigenvalue weighted by Gasteiger charge is -2.17. The number of phenolic OH excluding ortho intramolecular Hbond substituents is 1. The van der Waals surface area contributed by atoms with Gasteiger partial charge in [0.25, 0.3) is 5.91 Å². The summed E-state index contributed by atoms with van der Waals surface area (Å²) in [5.74, 6) is -0.174. The summed E-state index contributed by atoms with van der Waals surface area (Å²) in [5, 5.41) is 13.2. The van der Waals surface area contributed by atoms with Crippen LogP contribution in [0.25, 0.3) is 0 Å². The van der Waals surface area contributed by atoms with Crippen LogP contribution in [0, 0.1) is 0 Å². The second-order valence-electron chi connectivity index (χ2n) is 3.77. The highest BCUT2D eigenvalue weighted by Gasteiger charge is 2.14. The molecule has 0 saturated carbocycles. The highest BCUT2D eigenvalue weighted by Crippen LogP contribution is 2.24. The van der Waals surface area contributed by atoms with Crippen molar-refractivity contribution in [3.63, 3.8) is 0 Å². The molecular weight excluding hydrogens is 366 g/mol. The van der Waals surface area contributed by atoms with E-state index in [4.69, 9.17) is 4.74 Å². The lowest BCUT2D eigenvalue weighted by atomic mass is 10.1. The van der Waals surface area contributed by atoms with E-state index in [-0.39, 0.29) is 17.7 Å². The van der Waals surface area contributed by atoms with Gasteiger partial charge in [0.1, 0.15) is 5.75 Å². The number of rotatable bonds is 6. The summed E-state index contributed by atoms with van der Waals surface area (Å²) >= 11 is 6.51. The van der Waals surface area contributed by atoms with E-state index in [1.807, 2.05) is 0 Å². The summed E-state index contributed by atoms with van der Waals surface area (Å²) in [5.41, 5.74) is 0.423. The molecule has 6 heteroatoms. The maximum Gasteiger partial charge on any atom is 0.251 e. The monoisotopic (exact) mass is 379 g/mol. The third-order valence-electron chi connectivity index (χ3n) is 2.37. The first-order valence-electron chi connectivity index (χ1n) is 5.42. The van der Waals surface area contributed by atoms with Crippen molar-refractivity contribution in [2.45, 2.75) is 12.5 Å². The molecule has 0 radical (unpaired) electrons. The van der Waals surface area contributed by atoms with E-state index >= 15 is 0 Å². The minimum Gasteiger partial charge on any atom is -0.507 e. The number of halogens is 2. The molecule has 1 rings (SSSR count). The fourth-order valence-electron chi connectivity index (χ4n) is 1.45. The zero-order valence-electron chi connectivity index (χ0n) is 9.95. The van der Waals surface area contributed by atoms with Crippen LogP contribution in [0.2, 0.25) is 0 Å². The molecule has 0 aromatic heterocycles. The van der Waals surface area contributed by atoms with Gasteiger partial charge in [0.15, 0.2) is 0 Å². The number of nitrogens with one attached hydrogen (secondary N) is 1. The van der Waals surface area contributed by atoms with Crippen LogP contribution in [0.4, 0.5) is 0 Å². The first-order chi connectivity index (χ1) is 8.58. The number of hydrogen-bond donors (Lipinski definition) is 2. The number of carbonyl (C=O) groups is 1. The Balaban J connectivity index is 2.70. The zero-order valence-corrected chi connectivity index (χ0v) is 13.1. The molecule has 18 heavy (non-hydrogen) atoms. The van der Waals surface area contributed by atoms with Gasteiger partial charge in [0, 0.05) is 18.0 Å². The predicted molar refractivity (Wildman–Crippen MR) is 77.3 cm³/mol. The maximum absolute atomic E-state index is 12.0. The number of benzene rings is 1. The summed E-state index contributed by atoms with van der Waals surface area (Å²) in [4.78, 5) is 12.0. The largest absolute Gasteiger partial charge is 0.507 e. The first kappa shape index (κ1) is 15.5. The van der Waals surface area contributed by atoms with Crippen molar-refractivity contribution in [2.75, 3.05) is 19.0 Å². The van der Waals surface area contributed by atoms with Gasteiger partial charge in [0.2, 0.25) is 0 Å². The SMILES string of the molecule is COCC(CCBr)NC(=O)c1ccc(Br)c(O)c1.